The van der Waals surface area contributed by atoms with Gasteiger partial charge in [0.15, 0.2) is 5.11 Å². The Morgan fingerprint density at radius 3 is 2.52 bits per heavy atom. The lowest BCUT2D eigenvalue weighted by Gasteiger charge is -2.18. The molecule has 0 fully saturated rings. The van der Waals surface area contributed by atoms with Crippen molar-refractivity contribution in [1.82, 2.24) is 10.3 Å². The molecule has 1 aromatic heterocycles. The number of rotatable bonds is 3. The summed E-state index contributed by atoms with van der Waals surface area (Å²) < 4.78 is 0. The summed E-state index contributed by atoms with van der Waals surface area (Å²) in [6, 6.07) is 12.4. The second-order valence-corrected chi connectivity index (χ2v) is 5.74. The third-order valence-corrected chi connectivity index (χ3v) is 3.73. The van der Waals surface area contributed by atoms with Crippen molar-refractivity contribution in [2.75, 3.05) is 5.32 Å². The summed E-state index contributed by atoms with van der Waals surface area (Å²) >= 11 is 5.35. The van der Waals surface area contributed by atoms with Crippen LogP contribution in [0.1, 0.15) is 35.3 Å². The highest BCUT2D eigenvalue weighted by molar-refractivity contribution is 7.80. The molecule has 0 spiro atoms. The lowest BCUT2D eigenvalue weighted by Crippen LogP contribution is -2.31. The Hall–Kier alpha value is -1.94. The molecule has 110 valence electrons. The van der Waals surface area contributed by atoms with Gasteiger partial charge in [0.2, 0.25) is 0 Å². The Morgan fingerprint density at radius 2 is 1.86 bits per heavy atom. The maximum absolute atomic E-state index is 5.35. The molecule has 4 heteroatoms. The lowest BCUT2D eigenvalue weighted by molar-refractivity contribution is 0.721. The highest BCUT2D eigenvalue weighted by atomic mass is 32.1. The van der Waals surface area contributed by atoms with E-state index in [1.54, 1.807) is 0 Å². The Bertz CT molecular complexity index is 652. The van der Waals surface area contributed by atoms with Gasteiger partial charge in [-0.2, -0.15) is 0 Å². The third kappa shape index (κ3) is 4.26. The number of pyridine rings is 1. The third-order valence-electron chi connectivity index (χ3n) is 3.51. The molecule has 0 saturated carbocycles. The average molecular weight is 299 g/mol. The zero-order valence-electron chi connectivity index (χ0n) is 12.9. The summed E-state index contributed by atoms with van der Waals surface area (Å²) in [4.78, 5) is 4.38. The Morgan fingerprint density at radius 1 is 1.10 bits per heavy atom. The largest absolute Gasteiger partial charge is 0.356 e. The number of anilines is 1. The van der Waals surface area contributed by atoms with Crippen molar-refractivity contribution in [2.45, 2.75) is 33.7 Å². The quantitative estimate of drug-likeness (QED) is 0.838. The molecule has 2 aromatic rings. The number of nitrogens with zero attached hydrogens (tertiary/aromatic N) is 1. The molecule has 0 aliphatic carbocycles. The molecule has 1 atom stereocenters. The van der Waals surface area contributed by atoms with Gasteiger partial charge in [0.1, 0.15) is 5.82 Å². The van der Waals surface area contributed by atoms with Crippen LogP contribution < -0.4 is 10.6 Å². The molecule has 0 saturated heterocycles. The molecule has 2 N–H and O–H groups in total. The molecule has 1 aromatic carbocycles. The van der Waals surface area contributed by atoms with E-state index in [0.717, 1.165) is 11.5 Å². The lowest BCUT2D eigenvalue weighted by atomic mass is 10.0. The molecule has 0 radical (unpaired) electrons. The van der Waals surface area contributed by atoms with E-state index >= 15 is 0 Å². The first-order valence-electron chi connectivity index (χ1n) is 7.04. The van der Waals surface area contributed by atoms with E-state index in [-0.39, 0.29) is 6.04 Å². The number of hydrogen-bond donors (Lipinski definition) is 2. The molecule has 0 bridgehead atoms. The van der Waals surface area contributed by atoms with E-state index in [2.05, 4.69) is 54.6 Å². The van der Waals surface area contributed by atoms with E-state index in [1.165, 1.54) is 16.7 Å². The minimum Gasteiger partial charge on any atom is -0.356 e. The normalized spacial score (nSPS) is 11.8. The van der Waals surface area contributed by atoms with Crippen molar-refractivity contribution in [1.29, 1.82) is 0 Å². The van der Waals surface area contributed by atoms with E-state index in [0.29, 0.717) is 5.11 Å². The number of nitrogens with one attached hydrogen (secondary N) is 2. The molecule has 2 rings (SSSR count). The first-order chi connectivity index (χ1) is 9.95. The van der Waals surface area contributed by atoms with E-state index in [9.17, 15) is 0 Å². The van der Waals surface area contributed by atoms with Crippen LogP contribution in [0.2, 0.25) is 0 Å². The minimum atomic E-state index is 0.147. The van der Waals surface area contributed by atoms with Crippen LogP contribution in [0, 0.1) is 20.8 Å². The van der Waals surface area contributed by atoms with E-state index < -0.39 is 0 Å². The van der Waals surface area contributed by atoms with Gasteiger partial charge in [-0.1, -0.05) is 24.3 Å². The number of aromatic nitrogens is 1. The summed E-state index contributed by atoms with van der Waals surface area (Å²) in [5, 5.41) is 6.99. The van der Waals surface area contributed by atoms with E-state index in [4.69, 9.17) is 12.2 Å². The second-order valence-electron chi connectivity index (χ2n) is 5.33. The van der Waals surface area contributed by atoms with Gasteiger partial charge in [0.05, 0.1) is 6.04 Å². The van der Waals surface area contributed by atoms with Crippen LogP contribution in [0.15, 0.2) is 36.4 Å². The fourth-order valence-corrected chi connectivity index (χ4v) is 2.36. The van der Waals surface area contributed by atoms with Crippen LogP contribution in [0.5, 0.6) is 0 Å². The van der Waals surface area contributed by atoms with Crippen molar-refractivity contribution >= 4 is 23.1 Å². The van der Waals surface area contributed by atoms with Crippen molar-refractivity contribution < 1.29 is 0 Å². The number of thiocarbonyl (C=S) groups is 1. The molecule has 21 heavy (non-hydrogen) atoms. The fraction of sp³-hybridized carbons (Fsp3) is 0.294. The van der Waals surface area contributed by atoms with Gasteiger partial charge >= 0.3 is 0 Å². The molecular formula is C17H21N3S. The summed E-state index contributed by atoms with van der Waals surface area (Å²) in [5.74, 6) is 0.764. The van der Waals surface area contributed by atoms with Gasteiger partial charge in [0, 0.05) is 5.69 Å². The van der Waals surface area contributed by atoms with Crippen molar-refractivity contribution in [3.63, 3.8) is 0 Å². The molecule has 1 heterocycles. The maximum Gasteiger partial charge on any atom is 0.172 e. The van der Waals surface area contributed by atoms with E-state index in [1.807, 2.05) is 25.1 Å². The second kappa shape index (κ2) is 6.68. The van der Waals surface area contributed by atoms with Crippen LogP contribution >= 0.6 is 12.2 Å². The van der Waals surface area contributed by atoms with Crippen LogP contribution in [0.3, 0.4) is 0 Å². The molecule has 0 unspecified atom stereocenters. The number of hydrogen-bond acceptors (Lipinski definition) is 2. The first kappa shape index (κ1) is 15.4. The van der Waals surface area contributed by atoms with Crippen LogP contribution in [0.25, 0.3) is 0 Å². The van der Waals surface area contributed by atoms with Gasteiger partial charge in [0.25, 0.3) is 0 Å². The smallest absolute Gasteiger partial charge is 0.172 e. The van der Waals surface area contributed by atoms with Gasteiger partial charge in [-0.25, -0.2) is 4.98 Å². The van der Waals surface area contributed by atoms with Gasteiger partial charge < -0.3 is 10.6 Å². The Labute approximate surface area is 131 Å². The Balaban J connectivity index is 2.00. The zero-order valence-corrected chi connectivity index (χ0v) is 13.7. The van der Waals surface area contributed by atoms with Gasteiger partial charge in [-0.3, -0.25) is 0 Å². The monoisotopic (exact) mass is 299 g/mol. The standard InChI is InChI=1S/C17H21N3S/c1-11-8-9-15(10-12(11)2)14(4)19-17(21)20-16-7-5-6-13(3)18-16/h5-10,14H,1-4H3,(H2,18,19,20,21)/t14-/m0/s1. The van der Waals surface area contributed by atoms with Crippen molar-refractivity contribution in [3.05, 3.63) is 58.8 Å². The molecular weight excluding hydrogens is 278 g/mol. The van der Waals surface area contributed by atoms with Crippen LogP contribution in [0.4, 0.5) is 5.82 Å². The average Bonchev–Trinajstić information content (AvgIpc) is 2.41. The SMILES string of the molecule is Cc1cccc(NC(=S)N[C@@H](C)c2ccc(C)c(C)c2)n1. The topological polar surface area (TPSA) is 37.0 Å². The van der Waals surface area contributed by atoms with Crippen LogP contribution in [-0.2, 0) is 0 Å². The fourth-order valence-electron chi connectivity index (χ4n) is 2.08. The first-order valence-corrected chi connectivity index (χ1v) is 7.45. The van der Waals surface area contributed by atoms with Gasteiger partial charge in [-0.15, -0.1) is 0 Å². The Kier molecular flexibility index (Phi) is 4.91. The van der Waals surface area contributed by atoms with Crippen molar-refractivity contribution in [3.8, 4) is 0 Å². The predicted molar refractivity (Wildman–Crippen MR) is 92.7 cm³/mol. The highest BCUT2D eigenvalue weighted by Crippen LogP contribution is 2.17. The summed E-state index contributed by atoms with van der Waals surface area (Å²) in [5.41, 5.74) is 4.78. The van der Waals surface area contributed by atoms with Crippen LogP contribution in [-0.4, -0.2) is 10.1 Å². The van der Waals surface area contributed by atoms with Gasteiger partial charge in [-0.05, 0) is 68.7 Å². The maximum atomic E-state index is 5.35. The molecule has 0 aliphatic rings. The minimum absolute atomic E-state index is 0.147. The number of aryl methyl sites for hydroxylation is 3. The highest BCUT2D eigenvalue weighted by Gasteiger charge is 2.08. The number of benzene rings is 1. The summed E-state index contributed by atoms with van der Waals surface area (Å²) in [7, 11) is 0. The zero-order chi connectivity index (χ0) is 15.4. The molecule has 3 nitrogen and oxygen atoms in total. The summed E-state index contributed by atoms with van der Waals surface area (Å²) in [6.45, 7) is 8.30. The predicted octanol–water partition coefficient (Wildman–Crippen LogP) is 4.05. The molecule has 0 amide bonds. The molecule has 0 aliphatic heterocycles. The summed E-state index contributed by atoms with van der Waals surface area (Å²) in [6.07, 6.45) is 0. The van der Waals surface area contributed by atoms with Crippen molar-refractivity contribution in [2.24, 2.45) is 0 Å².